The molecule has 0 fully saturated rings. The van der Waals surface area contributed by atoms with Crippen LogP contribution < -0.4 is 0 Å². The van der Waals surface area contributed by atoms with Crippen LogP contribution in [0.5, 0.6) is 0 Å². The fourth-order valence-corrected chi connectivity index (χ4v) is 3.71. The van der Waals surface area contributed by atoms with Crippen LogP contribution in [0.15, 0.2) is 54.9 Å². The van der Waals surface area contributed by atoms with Crippen molar-refractivity contribution in [1.82, 2.24) is 9.78 Å². The van der Waals surface area contributed by atoms with Crippen molar-refractivity contribution in [2.45, 2.75) is 18.8 Å². The lowest BCUT2D eigenvalue weighted by Crippen LogP contribution is -2.07. The zero-order valence-electron chi connectivity index (χ0n) is 12.7. The summed E-state index contributed by atoms with van der Waals surface area (Å²) >= 11 is 0. The number of aromatic nitrogens is 2. The number of nitrogens with zero attached hydrogens (tertiary/aromatic N) is 2. The number of hydrogen-bond acceptors (Lipinski definition) is 3. The number of hydrogen-bond donors (Lipinski definition) is 1. The lowest BCUT2D eigenvalue weighted by Gasteiger charge is -2.17. The Bertz CT molecular complexity index is 963. The van der Waals surface area contributed by atoms with Crippen molar-refractivity contribution in [3.8, 4) is 0 Å². The Morgan fingerprint density at radius 1 is 1.08 bits per heavy atom. The van der Waals surface area contributed by atoms with Crippen LogP contribution in [0.1, 0.15) is 50.4 Å². The number of ether oxygens (including phenoxy) is 1. The summed E-state index contributed by atoms with van der Waals surface area (Å²) in [6.07, 6.45) is 3.46. The van der Waals surface area contributed by atoms with Crippen molar-refractivity contribution in [2.75, 3.05) is 0 Å². The number of carbonyl (C=O) groups is 1. The average molecular weight is 318 g/mol. The summed E-state index contributed by atoms with van der Waals surface area (Å²) in [6, 6.07) is 13.5. The summed E-state index contributed by atoms with van der Waals surface area (Å²) in [7, 11) is 0. The number of benzene rings is 2. The summed E-state index contributed by atoms with van der Waals surface area (Å²) in [5.74, 6) is -0.907. The van der Waals surface area contributed by atoms with Crippen LogP contribution >= 0.6 is 0 Å². The van der Waals surface area contributed by atoms with Gasteiger partial charge in [-0.05, 0) is 46.0 Å². The first-order valence-electron chi connectivity index (χ1n) is 7.83. The lowest BCUT2D eigenvalue weighted by atomic mass is 9.84. The maximum Gasteiger partial charge on any atom is 0.335 e. The average Bonchev–Trinajstić information content (AvgIpc) is 3.29. The van der Waals surface area contributed by atoms with E-state index in [0.29, 0.717) is 5.56 Å². The minimum absolute atomic E-state index is 0.0968. The molecular weight excluding hydrogens is 304 g/mol. The highest BCUT2D eigenvalue weighted by molar-refractivity contribution is 5.88. The molecule has 0 saturated heterocycles. The number of aromatic carboxylic acids is 1. The van der Waals surface area contributed by atoms with Crippen molar-refractivity contribution in [1.29, 1.82) is 0 Å². The van der Waals surface area contributed by atoms with Gasteiger partial charge >= 0.3 is 5.97 Å². The molecule has 5 nitrogen and oxygen atoms in total. The van der Waals surface area contributed by atoms with Crippen molar-refractivity contribution in [3.63, 3.8) is 0 Å². The minimum Gasteiger partial charge on any atom is -0.478 e. The maximum atomic E-state index is 11.2. The molecule has 2 atom stereocenters. The fraction of sp³-hybridized carbons (Fsp3) is 0.158. The van der Waals surface area contributed by atoms with Gasteiger partial charge in [0.05, 0.1) is 12.1 Å². The quantitative estimate of drug-likeness (QED) is 0.806. The number of carboxylic acid groups (broad SMARTS) is 1. The molecule has 1 N–H and O–H groups in total. The van der Waals surface area contributed by atoms with Gasteiger partial charge < -0.3 is 9.84 Å². The van der Waals surface area contributed by atoms with E-state index in [1.165, 1.54) is 11.1 Å². The highest BCUT2D eigenvalue weighted by Gasteiger charge is 2.42. The Labute approximate surface area is 138 Å². The van der Waals surface area contributed by atoms with E-state index in [4.69, 9.17) is 4.74 Å². The lowest BCUT2D eigenvalue weighted by molar-refractivity contribution is 0.0696. The van der Waals surface area contributed by atoms with Gasteiger partial charge in [-0.3, -0.25) is 4.68 Å². The van der Waals surface area contributed by atoms with Crippen LogP contribution in [0.2, 0.25) is 0 Å². The Morgan fingerprint density at radius 2 is 1.83 bits per heavy atom. The van der Waals surface area contributed by atoms with E-state index >= 15 is 0 Å². The van der Waals surface area contributed by atoms with E-state index in [2.05, 4.69) is 23.3 Å². The van der Waals surface area contributed by atoms with Gasteiger partial charge in [0, 0.05) is 12.4 Å². The van der Waals surface area contributed by atoms with Gasteiger partial charge in [0.2, 0.25) is 0 Å². The van der Waals surface area contributed by atoms with Crippen molar-refractivity contribution in [3.05, 3.63) is 88.2 Å². The molecule has 1 aromatic heterocycles. The van der Waals surface area contributed by atoms with E-state index < -0.39 is 5.97 Å². The maximum absolute atomic E-state index is 11.2. The van der Waals surface area contributed by atoms with E-state index in [1.807, 2.05) is 23.0 Å². The Morgan fingerprint density at radius 3 is 2.54 bits per heavy atom. The standard InChI is InChI=1S/C19H14N2O3/c22-19(23)12-3-5-14-16(9-12)18-13-4-2-11(8-15(13)17(14)24-18)10-21-7-1-6-20-21/h1-9,17-18H,10H2,(H,22,23)/t17-,18-/m0/s1. The molecule has 5 rings (SSSR count). The Kier molecular flexibility index (Phi) is 2.69. The zero-order chi connectivity index (χ0) is 16.3. The molecule has 2 bridgehead atoms. The van der Waals surface area contributed by atoms with E-state index in [0.717, 1.165) is 23.2 Å². The second kappa shape index (κ2) is 4.79. The molecule has 0 aliphatic carbocycles. The van der Waals surface area contributed by atoms with Gasteiger partial charge in [-0.15, -0.1) is 0 Å². The molecular formula is C19H14N2O3. The van der Waals surface area contributed by atoms with Crippen molar-refractivity contribution >= 4 is 5.97 Å². The Hall–Kier alpha value is -2.92. The topological polar surface area (TPSA) is 64.3 Å². The molecule has 2 aliphatic rings. The molecule has 3 heterocycles. The predicted octanol–water partition coefficient (Wildman–Crippen LogP) is 3.15. The smallest absolute Gasteiger partial charge is 0.335 e. The molecule has 0 unspecified atom stereocenters. The summed E-state index contributed by atoms with van der Waals surface area (Å²) in [5, 5.41) is 13.4. The van der Waals surface area contributed by atoms with Gasteiger partial charge in [-0.1, -0.05) is 24.3 Å². The van der Waals surface area contributed by atoms with E-state index in [9.17, 15) is 9.90 Å². The van der Waals surface area contributed by atoms with Crippen LogP contribution in [0, 0.1) is 0 Å². The van der Waals surface area contributed by atoms with Crippen LogP contribution in [0.3, 0.4) is 0 Å². The molecule has 0 amide bonds. The SMILES string of the molecule is O=C(O)c1ccc2c(c1)[C@H]1O[C@@H]2c2cc(Cn3cccn3)ccc21. The summed E-state index contributed by atoms with van der Waals surface area (Å²) in [5.41, 5.74) is 5.86. The highest BCUT2D eigenvalue weighted by atomic mass is 16.5. The summed E-state index contributed by atoms with van der Waals surface area (Å²) in [4.78, 5) is 11.2. The predicted molar refractivity (Wildman–Crippen MR) is 85.9 cm³/mol. The molecule has 0 spiro atoms. The van der Waals surface area contributed by atoms with Gasteiger partial charge in [0.1, 0.15) is 12.2 Å². The van der Waals surface area contributed by atoms with Gasteiger partial charge in [-0.2, -0.15) is 5.10 Å². The molecule has 3 aromatic rings. The van der Waals surface area contributed by atoms with Crippen LogP contribution in [0.4, 0.5) is 0 Å². The van der Waals surface area contributed by atoms with E-state index in [1.54, 1.807) is 18.3 Å². The normalized spacial score (nSPS) is 20.0. The third kappa shape index (κ3) is 1.85. The first-order valence-corrected chi connectivity index (χ1v) is 7.83. The Balaban J connectivity index is 1.54. The van der Waals surface area contributed by atoms with Crippen LogP contribution in [0.25, 0.3) is 0 Å². The van der Waals surface area contributed by atoms with Gasteiger partial charge in [-0.25, -0.2) is 4.79 Å². The van der Waals surface area contributed by atoms with Crippen molar-refractivity contribution < 1.29 is 14.6 Å². The molecule has 5 heteroatoms. The molecule has 0 radical (unpaired) electrons. The zero-order valence-corrected chi connectivity index (χ0v) is 12.7. The fourth-order valence-electron chi connectivity index (χ4n) is 3.71. The first kappa shape index (κ1) is 13.5. The number of carboxylic acids is 1. The van der Waals surface area contributed by atoms with Crippen molar-refractivity contribution in [2.24, 2.45) is 0 Å². The monoisotopic (exact) mass is 318 g/mol. The third-order valence-corrected chi connectivity index (χ3v) is 4.79. The van der Waals surface area contributed by atoms with Gasteiger partial charge in [0.25, 0.3) is 0 Å². The number of rotatable bonds is 3. The second-order valence-electron chi connectivity index (χ2n) is 6.21. The van der Waals surface area contributed by atoms with Crippen LogP contribution in [-0.4, -0.2) is 20.9 Å². The molecule has 2 aromatic carbocycles. The summed E-state index contributed by atoms with van der Waals surface area (Å²) in [6.45, 7) is 0.725. The third-order valence-electron chi connectivity index (χ3n) is 4.79. The first-order chi connectivity index (χ1) is 11.7. The second-order valence-corrected chi connectivity index (χ2v) is 6.21. The summed E-state index contributed by atoms with van der Waals surface area (Å²) < 4.78 is 8.01. The molecule has 24 heavy (non-hydrogen) atoms. The molecule has 0 saturated carbocycles. The van der Waals surface area contributed by atoms with Gasteiger partial charge in [0.15, 0.2) is 0 Å². The molecule has 118 valence electrons. The largest absolute Gasteiger partial charge is 0.478 e. The molecule has 2 aliphatic heterocycles. The number of fused-ring (bicyclic) bond motifs is 8. The highest BCUT2D eigenvalue weighted by Crippen LogP contribution is 2.54. The van der Waals surface area contributed by atoms with E-state index in [-0.39, 0.29) is 12.2 Å². The minimum atomic E-state index is -0.907. The van der Waals surface area contributed by atoms with Crippen LogP contribution in [-0.2, 0) is 11.3 Å².